The standard InChI is InChI=1S/C20H18N4O4/c1-3-28-17-8-12(4-7-16(17)25)10-22-24-11-21-18-14-6-5-13(27-2)9-15(14)23-19(18)20(24)26/h4-11,23,25H,3H2,1-2H3/b22-10-. The molecule has 4 rings (SSSR count). The fourth-order valence-corrected chi connectivity index (χ4v) is 2.95. The SMILES string of the molecule is CCOc1cc(/C=N\n2cnc3c([nH]c4cc(OC)ccc43)c2=O)ccc1O. The van der Waals surface area contributed by atoms with Crippen molar-refractivity contribution in [1.82, 2.24) is 14.6 Å². The first-order valence-corrected chi connectivity index (χ1v) is 8.68. The lowest BCUT2D eigenvalue weighted by atomic mass is 10.2. The monoisotopic (exact) mass is 378 g/mol. The Kier molecular flexibility index (Phi) is 4.44. The van der Waals surface area contributed by atoms with Gasteiger partial charge in [0.1, 0.15) is 23.1 Å². The molecule has 0 fully saturated rings. The summed E-state index contributed by atoms with van der Waals surface area (Å²) in [5.41, 5.74) is 2.07. The molecule has 8 heteroatoms. The maximum atomic E-state index is 12.8. The van der Waals surface area contributed by atoms with E-state index in [1.54, 1.807) is 19.2 Å². The van der Waals surface area contributed by atoms with Crippen molar-refractivity contribution in [3.8, 4) is 17.2 Å². The number of benzene rings is 2. The predicted molar refractivity (Wildman–Crippen MR) is 107 cm³/mol. The number of methoxy groups -OCH3 is 1. The van der Waals surface area contributed by atoms with Gasteiger partial charge in [-0.25, -0.2) is 4.98 Å². The zero-order chi connectivity index (χ0) is 19.7. The molecule has 28 heavy (non-hydrogen) atoms. The minimum Gasteiger partial charge on any atom is -0.504 e. The van der Waals surface area contributed by atoms with Gasteiger partial charge in [0.25, 0.3) is 5.56 Å². The summed E-state index contributed by atoms with van der Waals surface area (Å²) in [6.07, 6.45) is 2.88. The summed E-state index contributed by atoms with van der Waals surface area (Å²) >= 11 is 0. The van der Waals surface area contributed by atoms with Crippen LogP contribution in [0.25, 0.3) is 21.9 Å². The van der Waals surface area contributed by atoms with Gasteiger partial charge in [-0.3, -0.25) is 4.79 Å². The van der Waals surface area contributed by atoms with Gasteiger partial charge in [-0.05, 0) is 42.8 Å². The number of aromatic amines is 1. The van der Waals surface area contributed by atoms with Crippen molar-refractivity contribution in [3.63, 3.8) is 0 Å². The number of rotatable bonds is 5. The van der Waals surface area contributed by atoms with Crippen molar-refractivity contribution in [2.24, 2.45) is 5.10 Å². The molecule has 0 aliphatic rings. The maximum absolute atomic E-state index is 12.8. The molecule has 2 aromatic heterocycles. The minimum atomic E-state index is -0.319. The highest BCUT2D eigenvalue weighted by molar-refractivity contribution is 6.04. The normalized spacial score (nSPS) is 11.5. The maximum Gasteiger partial charge on any atom is 0.298 e. The van der Waals surface area contributed by atoms with Gasteiger partial charge < -0.3 is 19.6 Å². The van der Waals surface area contributed by atoms with Crippen LogP contribution in [0, 0.1) is 0 Å². The zero-order valence-electron chi connectivity index (χ0n) is 15.3. The highest BCUT2D eigenvalue weighted by atomic mass is 16.5. The third-order valence-corrected chi connectivity index (χ3v) is 4.31. The Balaban J connectivity index is 1.74. The Morgan fingerprint density at radius 3 is 2.93 bits per heavy atom. The number of H-pyrrole nitrogens is 1. The molecule has 0 amide bonds. The average molecular weight is 378 g/mol. The van der Waals surface area contributed by atoms with E-state index in [0.29, 0.717) is 34.7 Å². The summed E-state index contributed by atoms with van der Waals surface area (Å²) in [5, 5.41) is 14.8. The third-order valence-electron chi connectivity index (χ3n) is 4.31. The van der Waals surface area contributed by atoms with Crippen LogP contribution in [0.1, 0.15) is 12.5 Å². The lowest BCUT2D eigenvalue weighted by Crippen LogP contribution is -2.17. The molecule has 8 nitrogen and oxygen atoms in total. The van der Waals surface area contributed by atoms with E-state index in [-0.39, 0.29) is 11.3 Å². The number of aromatic nitrogens is 3. The van der Waals surface area contributed by atoms with Crippen LogP contribution in [0.5, 0.6) is 17.2 Å². The molecule has 0 saturated heterocycles. The lowest BCUT2D eigenvalue weighted by Gasteiger charge is -2.06. The lowest BCUT2D eigenvalue weighted by molar-refractivity contribution is 0.318. The molecule has 2 heterocycles. The molecule has 142 valence electrons. The highest BCUT2D eigenvalue weighted by Crippen LogP contribution is 2.26. The van der Waals surface area contributed by atoms with Gasteiger partial charge in [-0.2, -0.15) is 9.78 Å². The van der Waals surface area contributed by atoms with Crippen LogP contribution in [-0.2, 0) is 0 Å². The van der Waals surface area contributed by atoms with Gasteiger partial charge in [-0.15, -0.1) is 0 Å². The van der Waals surface area contributed by atoms with Gasteiger partial charge in [0, 0.05) is 11.5 Å². The first-order chi connectivity index (χ1) is 13.6. The summed E-state index contributed by atoms with van der Waals surface area (Å²) < 4.78 is 11.7. The minimum absolute atomic E-state index is 0.0488. The fourth-order valence-electron chi connectivity index (χ4n) is 2.95. The number of hydrogen-bond donors (Lipinski definition) is 2. The summed E-state index contributed by atoms with van der Waals surface area (Å²) in [7, 11) is 1.59. The second-order valence-corrected chi connectivity index (χ2v) is 6.06. The molecule has 0 aliphatic heterocycles. The van der Waals surface area contributed by atoms with Crippen LogP contribution in [0.4, 0.5) is 0 Å². The quantitative estimate of drug-likeness (QED) is 0.520. The number of nitrogens with one attached hydrogen (secondary N) is 1. The van der Waals surface area contributed by atoms with Crippen LogP contribution in [0.15, 0.2) is 52.6 Å². The van der Waals surface area contributed by atoms with Gasteiger partial charge >= 0.3 is 0 Å². The summed E-state index contributed by atoms with van der Waals surface area (Å²) in [4.78, 5) is 20.2. The molecular formula is C20H18N4O4. The molecule has 0 unspecified atom stereocenters. The largest absolute Gasteiger partial charge is 0.504 e. The molecule has 0 aliphatic carbocycles. The Morgan fingerprint density at radius 1 is 1.29 bits per heavy atom. The molecule has 0 bridgehead atoms. The molecule has 2 N–H and O–H groups in total. The summed E-state index contributed by atoms with van der Waals surface area (Å²) in [6.45, 7) is 2.26. The Morgan fingerprint density at radius 2 is 2.14 bits per heavy atom. The van der Waals surface area contributed by atoms with Gasteiger partial charge in [0.2, 0.25) is 0 Å². The van der Waals surface area contributed by atoms with Crippen LogP contribution >= 0.6 is 0 Å². The Labute approximate surface area is 159 Å². The van der Waals surface area contributed by atoms with E-state index in [2.05, 4.69) is 15.1 Å². The van der Waals surface area contributed by atoms with E-state index in [1.165, 1.54) is 18.6 Å². The van der Waals surface area contributed by atoms with Crippen molar-refractivity contribution in [1.29, 1.82) is 0 Å². The number of aromatic hydroxyl groups is 1. The zero-order valence-corrected chi connectivity index (χ0v) is 15.3. The van der Waals surface area contributed by atoms with E-state index >= 15 is 0 Å². The molecule has 4 aromatic rings. The topological polar surface area (TPSA) is 102 Å². The van der Waals surface area contributed by atoms with Crippen LogP contribution in [0.3, 0.4) is 0 Å². The highest BCUT2D eigenvalue weighted by Gasteiger charge is 2.11. The van der Waals surface area contributed by atoms with Gasteiger partial charge in [-0.1, -0.05) is 0 Å². The van der Waals surface area contributed by atoms with Crippen LogP contribution < -0.4 is 15.0 Å². The van der Waals surface area contributed by atoms with Crippen LogP contribution in [0.2, 0.25) is 0 Å². The van der Waals surface area contributed by atoms with Crippen molar-refractivity contribution in [3.05, 3.63) is 58.6 Å². The first kappa shape index (κ1) is 17.6. The fraction of sp³-hybridized carbons (Fsp3) is 0.150. The Hall–Kier alpha value is -3.81. The van der Waals surface area contributed by atoms with Crippen molar-refractivity contribution in [2.45, 2.75) is 6.92 Å². The van der Waals surface area contributed by atoms with Gasteiger partial charge in [0.05, 0.1) is 25.4 Å². The molecule has 2 aromatic carbocycles. The van der Waals surface area contributed by atoms with Crippen LogP contribution in [-0.4, -0.2) is 39.7 Å². The number of ether oxygens (including phenoxy) is 2. The number of nitrogens with zero attached hydrogens (tertiary/aromatic N) is 3. The number of phenolic OH excluding ortho intramolecular Hbond substituents is 1. The summed E-state index contributed by atoms with van der Waals surface area (Å²) in [6, 6.07) is 10.3. The molecular weight excluding hydrogens is 360 g/mol. The smallest absolute Gasteiger partial charge is 0.298 e. The molecule has 0 atom stereocenters. The summed E-state index contributed by atoms with van der Waals surface area (Å²) in [5.74, 6) is 1.10. The Bertz CT molecular complexity index is 1260. The average Bonchev–Trinajstić information content (AvgIpc) is 3.08. The van der Waals surface area contributed by atoms with Crippen molar-refractivity contribution in [2.75, 3.05) is 13.7 Å². The van der Waals surface area contributed by atoms with E-state index in [1.807, 2.05) is 25.1 Å². The number of fused-ring (bicyclic) bond motifs is 3. The van der Waals surface area contributed by atoms with E-state index in [4.69, 9.17) is 9.47 Å². The molecule has 0 radical (unpaired) electrons. The van der Waals surface area contributed by atoms with Gasteiger partial charge in [0.15, 0.2) is 11.5 Å². The first-order valence-electron chi connectivity index (χ1n) is 8.68. The van der Waals surface area contributed by atoms with E-state index in [0.717, 1.165) is 15.6 Å². The van der Waals surface area contributed by atoms with Crippen molar-refractivity contribution >= 4 is 28.2 Å². The number of hydrogen-bond acceptors (Lipinski definition) is 6. The predicted octanol–water partition coefficient (Wildman–Crippen LogP) is 2.87. The third kappa shape index (κ3) is 3.05. The molecule has 0 saturated carbocycles. The van der Waals surface area contributed by atoms with E-state index in [9.17, 15) is 9.90 Å². The van der Waals surface area contributed by atoms with Crippen molar-refractivity contribution < 1.29 is 14.6 Å². The molecule has 0 spiro atoms. The van der Waals surface area contributed by atoms with E-state index < -0.39 is 0 Å². The second kappa shape index (κ2) is 7.07. The number of phenols is 1. The second-order valence-electron chi connectivity index (χ2n) is 6.06.